The quantitative estimate of drug-likeness (QED) is 0.733. The Labute approximate surface area is 171 Å². The van der Waals surface area contributed by atoms with Crippen LogP contribution in [0.25, 0.3) is 0 Å². The van der Waals surface area contributed by atoms with Gasteiger partial charge >= 0.3 is 0 Å². The van der Waals surface area contributed by atoms with Gasteiger partial charge < -0.3 is 10.1 Å². The van der Waals surface area contributed by atoms with E-state index in [0.29, 0.717) is 24.5 Å². The van der Waals surface area contributed by atoms with E-state index in [2.05, 4.69) is 16.9 Å². The zero-order valence-corrected chi connectivity index (χ0v) is 17.3. The van der Waals surface area contributed by atoms with E-state index in [4.69, 9.17) is 4.74 Å². The molecule has 2 aromatic rings. The number of benzene rings is 1. The lowest BCUT2D eigenvalue weighted by molar-refractivity contribution is -0.117. The van der Waals surface area contributed by atoms with Gasteiger partial charge in [-0.05, 0) is 63.1 Å². The molecule has 1 fully saturated rings. The zero-order valence-electron chi connectivity index (χ0n) is 16.5. The number of carbonyl (C=O) groups is 1. The second kappa shape index (κ2) is 8.75. The number of pyridine rings is 1. The molecular formula is C21H25N3O4S. The van der Waals surface area contributed by atoms with Gasteiger partial charge in [0.2, 0.25) is 21.8 Å². The number of hydrogen-bond donors (Lipinski definition) is 1. The minimum absolute atomic E-state index is 0.0777. The first kappa shape index (κ1) is 21.0. The number of carbonyl (C=O) groups excluding carboxylic acids is 1. The molecule has 1 aromatic heterocycles. The van der Waals surface area contributed by atoms with E-state index in [-0.39, 0.29) is 28.9 Å². The molecule has 1 aliphatic heterocycles. The average molecular weight is 416 g/mol. The summed E-state index contributed by atoms with van der Waals surface area (Å²) in [5.41, 5.74) is 0. The zero-order chi connectivity index (χ0) is 21.0. The van der Waals surface area contributed by atoms with Crippen LogP contribution >= 0.6 is 0 Å². The predicted octanol–water partition coefficient (Wildman–Crippen LogP) is 3.11. The number of rotatable bonds is 6. The third-order valence-electron chi connectivity index (χ3n) is 4.91. The predicted molar refractivity (Wildman–Crippen MR) is 110 cm³/mol. The van der Waals surface area contributed by atoms with Crippen LogP contribution in [-0.2, 0) is 14.8 Å². The van der Waals surface area contributed by atoms with E-state index in [1.165, 1.54) is 10.4 Å². The van der Waals surface area contributed by atoms with Crippen LogP contribution in [-0.4, -0.2) is 41.7 Å². The van der Waals surface area contributed by atoms with Gasteiger partial charge in [-0.25, -0.2) is 13.4 Å². The number of piperidine rings is 1. The van der Waals surface area contributed by atoms with Crippen molar-refractivity contribution in [2.75, 3.05) is 0 Å². The van der Waals surface area contributed by atoms with Crippen LogP contribution in [0.5, 0.6) is 11.6 Å². The lowest BCUT2D eigenvalue weighted by Gasteiger charge is -2.41. The molecule has 0 aliphatic carbocycles. The van der Waals surface area contributed by atoms with Gasteiger partial charge in [-0.15, -0.1) is 0 Å². The molecule has 0 spiro atoms. The number of aromatic nitrogens is 1. The van der Waals surface area contributed by atoms with E-state index in [1.807, 2.05) is 19.9 Å². The second-order valence-corrected chi connectivity index (χ2v) is 9.00. The van der Waals surface area contributed by atoms with Gasteiger partial charge in [0.1, 0.15) is 5.75 Å². The summed E-state index contributed by atoms with van der Waals surface area (Å²) in [6, 6.07) is 11.1. The van der Waals surface area contributed by atoms with Crippen LogP contribution in [0.15, 0.2) is 66.2 Å². The smallest absolute Gasteiger partial charge is 0.243 e. The van der Waals surface area contributed by atoms with Crippen molar-refractivity contribution in [3.05, 3.63) is 61.3 Å². The summed E-state index contributed by atoms with van der Waals surface area (Å²) in [5, 5.41) is 2.87. The highest BCUT2D eigenvalue weighted by molar-refractivity contribution is 7.89. The molecule has 7 nitrogen and oxygen atoms in total. The fourth-order valence-corrected chi connectivity index (χ4v) is 5.59. The standard InChI is InChI=1S/C21H25N3O4S/c1-4-20(25)23-17-13-15(2)24(16(3)14-17)29(26,27)19-10-8-18(9-11-19)28-21-7-5-6-12-22-21/h4-12,15-17H,1,13-14H2,2-3H3,(H,23,25). The molecule has 8 heteroatoms. The van der Waals surface area contributed by atoms with Crippen molar-refractivity contribution in [1.82, 2.24) is 14.6 Å². The Kier molecular flexibility index (Phi) is 6.34. The summed E-state index contributed by atoms with van der Waals surface area (Å²) >= 11 is 0. The molecule has 154 valence electrons. The SMILES string of the molecule is C=CC(=O)NC1CC(C)N(S(=O)(=O)c2ccc(Oc3ccccn3)cc2)C(C)C1. The van der Waals surface area contributed by atoms with Gasteiger partial charge in [-0.2, -0.15) is 4.31 Å². The Morgan fingerprint density at radius 2 is 1.83 bits per heavy atom. The van der Waals surface area contributed by atoms with Gasteiger partial charge in [-0.1, -0.05) is 12.6 Å². The van der Waals surface area contributed by atoms with E-state index in [0.717, 1.165) is 0 Å². The Hall–Kier alpha value is -2.71. The molecule has 1 N–H and O–H groups in total. The van der Waals surface area contributed by atoms with Crippen molar-refractivity contribution in [2.24, 2.45) is 0 Å². The van der Waals surface area contributed by atoms with Crippen LogP contribution < -0.4 is 10.1 Å². The van der Waals surface area contributed by atoms with Crippen molar-refractivity contribution >= 4 is 15.9 Å². The number of sulfonamides is 1. The van der Waals surface area contributed by atoms with Crippen molar-refractivity contribution < 1.29 is 17.9 Å². The molecule has 1 amide bonds. The van der Waals surface area contributed by atoms with E-state index >= 15 is 0 Å². The van der Waals surface area contributed by atoms with Gasteiger partial charge in [0, 0.05) is 30.4 Å². The number of nitrogens with one attached hydrogen (secondary N) is 1. The van der Waals surface area contributed by atoms with Crippen LogP contribution in [0.4, 0.5) is 0 Å². The minimum atomic E-state index is -3.68. The first-order valence-corrected chi connectivity index (χ1v) is 10.9. The molecule has 2 atom stereocenters. The number of hydrogen-bond acceptors (Lipinski definition) is 5. The van der Waals surface area contributed by atoms with Gasteiger partial charge in [0.25, 0.3) is 0 Å². The maximum absolute atomic E-state index is 13.2. The fraction of sp³-hybridized carbons (Fsp3) is 0.333. The van der Waals surface area contributed by atoms with Crippen LogP contribution in [0.3, 0.4) is 0 Å². The molecule has 0 bridgehead atoms. The Morgan fingerprint density at radius 1 is 1.17 bits per heavy atom. The van der Waals surface area contributed by atoms with Crippen LogP contribution in [0.2, 0.25) is 0 Å². The highest BCUT2D eigenvalue weighted by Crippen LogP contribution is 2.31. The van der Waals surface area contributed by atoms with Gasteiger partial charge in [0.05, 0.1) is 4.90 Å². The maximum atomic E-state index is 13.2. The fourth-order valence-electron chi connectivity index (χ4n) is 3.74. The van der Waals surface area contributed by atoms with Crippen LogP contribution in [0, 0.1) is 0 Å². The summed E-state index contributed by atoms with van der Waals surface area (Å²) in [5.74, 6) is 0.706. The van der Waals surface area contributed by atoms with Crippen molar-refractivity contribution in [2.45, 2.75) is 49.7 Å². The average Bonchev–Trinajstić information content (AvgIpc) is 2.68. The second-order valence-electron chi connectivity index (χ2n) is 7.16. The molecule has 1 saturated heterocycles. The molecule has 1 aromatic carbocycles. The number of nitrogens with zero attached hydrogens (tertiary/aromatic N) is 2. The minimum Gasteiger partial charge on any atom is -0.439 e. The number of amides is 1. The summed E-state index contributed by atoms with van der Waals surface area (Å²) in [6.07, 6.45) is 3.94. The summed E-state index contributed by atoms with van der Waals surface area (Å²) in [4.78, 5) is 15.9. The third-order valence-corrected chi connectivity index (χ3v) is 7.05. The third kappa shape index (κ3) is 4.83. The maximum Gasteiger partial charge on any atom is 0.243 e. The monoisotopic (exact) mass is 415 g/mol. The normalized spacial score (nSPS) is 22.6. The van der Waals surface area contributed by atoms with Gasteiger partial charge in [-0.3, -0.25) is 4.79 Å². The molecule has 0 radical (unpaired) electrons. The highest BCUT2D eigenvalue weighted by Gasteiger charge is 2.39. The van der Waals surface area contributed by atoms with Crippen molar-refractivity contribution in [3.63, 3.8) is 0 Å². The summed E-state index contributed by atoms with van der Waals surface area (Å²) in [6.45, 7) is 7.18. The largest absolute Gasteiger partial charge is 0.439 e. The number of ether oxygens (including phenoxy) is 1. The molecule has 1 aliphatic rings. The molecule has 3 rings (SSSR count). The van der Waals surface area contributed by atoms with E-state index in [9.17, 15) is 13.2 Å². The van der Waals surface area contributed by atoms with Crippen molar-refractivity contribution in [1.29, 1.82) is 0 Å². The molecule has 2 unspecified atom stereocenters. The lowest BCUT2D eigenvalue weighted by Crippen LogP contribution is -2.54. The molecule has 29 heavy (non-hydrogen) atoms. The Balaban J connectivity index is 1.74. The summed E-state index contributed by atoms with van der Waals surface area (Å²) in [7, 11) is -3.68. The lowest BCUT2D eigenvalue weighted by atomic mass is 9.95. The Morgan fingerprint density at radius 3 is 2.38 bits per heavy atom. The molecular weight excluding hydrogens is 390 g/mol. The highest BCUT2D eigenvalue weighted by atomic mass is 32.2. The van der Waals surface area contributed by atoms with Gasteiger partial charge in [0.15, 0.2) is 0 Å². The Bertz CT molecular complexity index is 949. The first-order chi connectivity index (χ1) is 13.8. The topological polar surface area (TPSA) is 88.6 Å². The molecule has 2 heterocycles. The summed E-state index contributed by atoms with van der Waals surface area (Å²) < 4.78 is 33.6. The first-order valence-electron chi connectivity index (χ1n) is 9.46. The van der Waals surface area contributed by atoms with E-state index in [1.54, 1.807) is 42.6 Å². The van der Waals surface area contributed by atoms with Crippen molar-refractivity contribution in [3.8, 4) is 11.6 Å². The molecule has 0 saturated carbocycles. The van der Waals surface area contributed by atoms with Crippen LogP contribution in [0.1, 0.15) is 26.7 Å². The van der Waals surface area contributed by atoms with E-state index < -0.39 is 10.0 Å².